The molecule has 0 saturated carbocycles. The summed E-state index contributed by atoms with van der Waals surface area (Å²) < 4.78 is 5.43. The summed E-state index contributed by atoms with van der Waals surface area (Å²) in [4.78, 5) is 40.1. The van der Waals surface area contributed by atoms with E-state index >= 15 is 0 Å². The van der Waals surface area contributed by atoms with Crippen molar-refractivity contribution in [2.75, 3.05) is 29.9 Å². The van der Waals surface area contributed by atoms with Gasteiger partial charge in [-0.1, -0.05) is 0 Å². The number of fused-ring (bicyclic) bond motifs is 1. The molecule has 152 valence electrons. The highest BCUT2D eigenvalue weighted by atomic mass is 16.6. The Morgan fingerprint density at radius 3 is 2.61 bits per heavy atom. The zero-order chi connectivity index (χ0) is 20.5. The van der Waals surface area contributed by atoms with Crippen molar-refractivity contribution < 1.29 is 19.1 Å². The first-order valence-electron chi connectivity index (χ1n) is 9.84. The van der Waals surface area contributed by atoms with Crippen molar-refractivity contribution in [2.24, 2.45) is 5.92 Å². The molecule has 1 atom stereocenters. The number of piperidine rings is 1. The Balaban J connectivity index is 1.62. The lowest BCUT2D eigenvalue weighted by atomic mass is 9.97. The van der Waals surface area contributed by atoms with Crippen molar-refractivity contribution >= 4 is 29.3 Å². The normalized spacial score (nSPS) is 19.2. The summed E-state index contributed by atoms with van der Waals surface area (Å²) in [5, 5.41) is 2.97. The topological polar surface area (TPSA) is 79.0 Å². The number of amides is 3. The van der Waals surface area contributed by atoms with E-state index in [1.54, 1.807) is 16.7 Å². The van der Waals surface area contributed by atoms with Crippen LogP contribution in [-0.2, 0) is 20.7 Å². The van der Waals surface area contributed by atoms with Gasteiger partial charge in [0.1, 0.15) is 5.60 Å². The number of nitrogens with zero attached hydrogens (tertiary/aromatic N) is 2. The second kappa shape index (κ2) is 7.81. The van der Waals surface area contributed by atoms with Crippen LogP contribution in [0.25, 0.3) is 0 Å². The van der Waals surface area contributed by atoms with Gasteiger partial charge in [-0.25, -0.2) is 4.79 Å². The molecule has 3 rings (SSSR count). The van der Waals surface area contributed by atoms with Crippen molar-refractivity contribution in [1.82, 2.24) is 4.90 Å². The maximum Gasteiger partial charge on any atom is 0.410 e. The summed E-state index contributed by atoms with van der Waals surface area (Å²) in [5.74, 6) is -0.321. The van der Waals surface area contributed by atoms with Crippen LogP contribution in [-0.4, -0.2) is 48.0 Å². The second-order valence-electron chi connectivity index (χ2n) is 8.52. The number of carbonyl (C=O) groups is 3. The summed E-state index contributed by atoms with van der Waals surface area (Å²) in [7, 11) is 0. The molecular weight excluding hydrogens is 358 g/mol. The molecule has 7 nitrogen and oxygen atoms in total. The Bertz CT molecular complexity index is 784. The van der Waals surface area contributed by atoms with Crippen LogP contribution >= 0.6 is 0 Å². The van der Waals surface area contributed by atoms with Crippen molar-refractivity contribution in [1.29, 1.82) is 0 Å². The average Bonchev–Trinajstić information content (AvgIpc) is 3.04. The van der Waals surface area contributed by atoms with E-state index in [9.17, 15) is 14.4 Å². The number of nitrogens with one attached hydrogen (secondary N) is 1. The minimum Gasteiger partial charge on any atom is -0.444 e. The van der Waals surface area contributed by atoms with Crippen LogP contribution in [0.2, 0.25) is 0 Å². The third kappa shape index (κ3) is 4.64. The molecule has 1 aromatic rings. The SMILES string of the molecule is CC(=O)N1CCc2cc(NC(=O)C3CCCN(C(=O)OC(C)(C)C)C3)ccc21. The van der Waals surface area contributed by atoms with Gasteiger partial charge in [0.25, 0.3) is 0 Å². The van der Waals surface area contributed by atoms with Gasteiger partial charge < -0.3 is 19.9 Å². The lowest BCUT2D eigenvalue weighted by Gasteiger charge is -2.33. The second-order valence-corrected chi connectivity index (χ2v) is 8.52. The van der Waals surface area contributed by atoms with Gasteiger partial charge in [0.15, 0.2) is 0 Å². The number of anilines is 2. The molecule has 2 heterocycles. The predicted octanol–water partition coefficient (Wildman–Crippen LogP) is 3.18. The maximum absolute atomic E-state index is 12.7. The fraction of sp³-hybridized carbons (Fsp3) is 0.571. The number of hydrogen-bond acceptors (Lipinski definition) is 4. The molecule has 0 aromatic heterocycles. The fourth-order valence-corrected chi connectivity index (χ4v) is 3.73. The van der Waals surface area contributed by atoms with E-state index in [0.29, 0.717) is 19.6 Å². The zero-order valence-electron chi connectivity index (χ0n) is 17.1. The van der Waals surface area contributed by atoms with Gasteiger partial charge in [-0.05, 0) is 63.8 Å². The lowest BCUT2D eigenvalue weighted by molar-refractivity contribution is -0.121. The smallest absolute Gasteiger partial charge is 0.410 e. The Hall–Kier alpha value is -2.57. The number of hydrogen-bond donors (Lipinski definition) is 1. The first kappa shape index (κ1) is 20.2. The van der Waals surface area contributed by atoms with Gasteiger partial charge in [0, 0.05) is 37.9 Å². The van der Waals surface area contributed by atoms with E-state index in [2.05, 4.69) is 5.32 Å². The number of benzene rings is 1. The molecule has 1 unspecified atom stereocenters. The Morgan fingerprint density at radius 2 is 1.93 bits per heavy atom. The summed E-state index contributed by atoms with van der Waals surface area (Å²) >= 11 is 0. The highest BCUT2D eigenvalue weighted by Gasteiger charge is 2.31. The Labute approximate surface area is 166 Å². The third-order valence-corrected chi connectivity index (χ3v) is 5.07. The minimum absolute atomic E-state index is 0.0278. The highest BCUT2D eigenvalue weighted by Crippen LogP contribution is 2.31. The molecule has 2 aliphatic heterocycles. The maximum atomic E-state index is 12.7. The molecule has 0 aliphatic carbocycles. The van der Waals surface area contributed by atoms with Gasteiger partial charge in [-0.15, -0.1) is 0 Å². The van der Waals surface area contributed by atoms with E-state index in [1.165, 1.54) is 0 Å². The van der Waals surface area contributed by atoms with E-state index in [1.807, 2.05) is 39.0 Å². The molecule has 0 radical (unpaired) electrons. The predicted molar refractivity (Wildman–Crippen MR) is 107 cm³/mol. The molecule has 2 aliphatic rings. The lowest BCUT2D eigenvalue weighted by Crippen LogP contribution is -2.45. The highest BCUT2D eigenvalue weighted by molar-refractivity contribution is 5.96. The molecule has 1 fully saturated rings. The van der Waals surface area contributed by atoms with E-state index < -0.39 is 5.60 Å². The number of carbonyl (C=O) groups excluding carboxylic acids is 3. The molecule has 1 N–H and O–H groups in total. The first-order valence-corrected chi connectivity index (χ1v) is 9.84. The van der Waals surface area contributed by atoms with Crippen molar-refractivity contribution in [3.05, 3.63) is 23.8 Å². The number of likely N-dealkylation sites (tertiary alicyclic amines) is 1. The molecule has 1 saturated heterocycles. The van der Waals surface area contributed by atoms with E-state index in [-0.39, 0.29) is 23.8 Å². The molecule has 28 heavy (non-hydrogen) atoms. The Kier molecular flexibility index (Phi) is 5.63. The van der Waals surface area contributed by atoms with Crippen LogP contribution in [0.1, 0.15) is 46.1 Å². The third-order valence-electron chi connectivity index (χ3n) is 5.07. The van der Waals surface area contributed by atoms with Crippen LogP contribution in [0.15, 0.2) is 18.2 Å². The van der Waals surface area contributed by atoms with Gasteiger partial charge in [-0.3, -0.25) is 9.59 Å². The van der Waals surface area contributed by atoms with Gasteiger partial charge in [0.2, 0.25) is 11.8 Å². The average molecular weight is 387 g/mol. The molecule has 1 aromatic carbocycles. The fourth-order valence-electron chi connectivity index (χ4n) is 3.73. The molecular formula is C21H29N3O4. The van der Waals surface area contributed by atoms with Crippen LogP contribution in [0, 0.1) is 5.92 Å². The quantitative estimate of drug-likeness (QED) is 0.845. The van der Waals surface area contributed by atoms with Crippen LogP contribution < -0.4 is 10.2 Å². The molecule has 3 amide bonds. The summed E-state index contributed by atoms with van der Waals surface area (Å²) in [5.41, 5.74) is 2.15. The molecule has 0 spiro atoms. The monoisotopic (exact) mass is 387 g/mol. The van der Waals surface area contributed by atoms with Crippen molar-refractivity contribution in [2.45, 2.75) is 52.6 Å². The van der Waals surface area contributed by atoms with Gasteiger partial charge in [-0.2, -0.15) is 0 Å². The van der Waals surface area contributed by atoms with Crippen LogP contribution in [0.5, 0.6) is 0 Å². The number of rotatable bonds is 2. The number of ether oxygens (including phenoxy) is 1. The minimum atomic E-state index is -0.551. The zero-order valence-corrected chi connectivity index (χ0v) is 17.1. The van der Waals surface area contributed by atoms with Gasteiger partial charge >= 0.3 is 6.09 Å². The van der Waals surface area contributed by atoms with Crippen molar-refractivity contribution in [3.63, 3.8) is 0 Å². The summed E-state index contributed by atoms with van der Waals surface area (Å²) in [6, 6.07) is 5.64. The largest absolute Gasteiger partial charge is 0.444 e. The molecule has 7 heteroatoms. The van der Waals surface area contributed by atoms with E-state index in [0.717, 1.165) is 36.2 Å². The Morgan fingerprint density at radius 1 is 1.18 bits per heavy atom. The summed E-state index contributed by atoms with van der Waals surface area (Å²) in [6.07, 6.45) is 1.93. The van der Waals surface area contributed by atoms with Gasteiger partial charge in [0.05, 0.1) is 5.92 Å². The standard InChI is InChI=1S/C21H29N3O4/c1-14(25)24-11-9-15-12-17(7-8-18(15)24)22-19(26)16-6-5-10-23(13-16)20(27)28-21(2,3)4/h7-8,12,16H,5-6,9-11,13H2,1-4H3,(H,22,26). The first-order chi connectivity index (χ1) is 13.1. The summed E-state index contributed by atoms with van der Waals surface area (Å²) in [6.45, 7) is 8.71. The van der Waals surface area contributed by atoms with Crippen LogP contribution in [0.3, 0.4) is 0 Å². The van der Waals surface area contributed by atoms with E-state index in [4.69, 9.17) is 4.74 Å². The molecule has 0 bridgehead atoms. The van der Waals surface area contributed by atoms with Crippen LogP contribution in [0.4, 0.5) is 16.2 Å². The van der Waals surface area contributed by atoms with Crippen molar-refractivity contribution in [3.8, 4) is 0 Å².